The highest BCUT2D eigenvalue weighted by Crippen LogP contribution is 2.23. The van der Waals surface area contributed by atoms with Gasteiger partial charge in [0.1, 0.15) is 0 Å². The normalized spacial score (nSPS) is 25.7. The van der Waals surface area contributed by atoms with Gasteiger partial charge in [-0.3, -0.25) is 9.69 Å². The molecule has 1 rings (SSSR count). The van der Waals surface area contributed by atoms with Crippen molar-refractivity contribution in [3.05, 3.63) is 0 Å². The van der Waals surface area contributed by atoms with Crippen LogP contribution in [0.4, 0.5) is 0 Å². The minimum atomic E-state index is -0.297. The Morgan fingerprint density at radius 2 is 2.28 bits per heavy atom. The Bertz CT molecular complexity index is 280. The quantitative estimate of drug-likeness (QED) is 0.740. The van der Waals surface area contributed by atoms with Crippen LogP contribution in [0.15, 0.2) is 0 Å². The fourth-order valence-electron chi connectivity index (χ4n) is 2.36. The van der Waals surface area contributed by atoms with Gasteiger partial charge in [0, 0.05) is 19.1 Å². The first-order valence-corrected chi connectivity index (χ1v) is 6.56. The summed E-state index contributed by atoms with van der Waals surface area (Å²) >= 11 is 0. The van der Waals surface area contributed by atoms with E-state index in [1.807, 2.05) is 27.7 Å². The number of aliphatic hydroxyl groups excluding tert-OH is 1. The van der Waals surface area contributed by atoms with Crippen LogP contribution in [-0.2, 0) is 14.3 Å². The highest BCUT2D eigenvalue weighted by Gasteiger charge is 2.35. The number of morpholine rings is 1. The Labute approximate surface area is 109 Å². The Morgan fingerprint density at radius 1 is 1.61 bits per heavy atom. The molecule has 1 heterocycles. The van der Waals surface area contributed by atoms with Crippen molar-refractivity contribution in [1.82, 2.24) is 4.90 Å². The van der Waals surface area contributed by atoms with Crippen molar-refractivity contribution < 1.29 is 19.4 Å². The monoisotopic (exact) mass is 259 g/mol. The second kappa shape index (κ2) is 6.50. The molecule has 0 radical (unpaired) electrons. The molecule has 0 aliphatic carbocycles. The van der Waals surface area contributed by atoms with Gasteiger partial charge in [-0.25, -0.2) is 0 Å². The maximum absolute atomic E-state index is 11.5. The summed E-state index contributed by atoms with van der Waals surface area (Å²) < 4.78 is 10.7. The molecule has 2 atom stereocenters. The maximum Gasteiger partial charge on any atom is 0.307 e. The molecule has 0 aromatic rings. The topological polar surface area (TPSA) is 59.0 Å². The Kier molecular flexibility index (Phi) is 5.56. The molecule has 1 aliphatic rings. The fourth-order valence-corrected chi connectivity index (χ4v) is 2.36. The summed E-state index contributed by atoms with van der Waals surface area (Å²) in [6, 6.07) is 0.0984. The smallest absolute Gasteiger partial charge is 0.307 e. The van der Waals surface area contributed by atoms with Crippen LogP contribution in [0, 0.1) is 0 Å². The summed E-state index contributed by atoms with van der Waals surface area (Å²) in [5.74, 6) is -0.171. The summed E-state index contributed by atoms with van der Waals surface area (Å²) in [7, 11) is 0. The fraction of sp³-hybridized carbons (Fsp3) is 0.923. The Balaban J connectivity index is 2.55. The lowest BCUT2D eigenvalue weighted by atomic mass is 10.0. The number of hydrogen-bond donors (Lipinski definition) is 1. The minimum Gasteiger partial charge on any atom is -0.466 e. The van der Waals surface area contributed by atoms with Crippen molar-refractivity contribution in [2.45, 2.75) is 51.9 Å². The molecule has 18 heavy (non-hydrogen) atoms. The van der Waals surface area contributed by atoms with E-state index in [0.29, 0.717) is 19.6 Å². The molecule has 1 N–H and O–H groups in total. The molecular weight excluding hydrogens is 234 g/mol. The third kappa shape index (κ3) is 4.55. The standard InChI is InChI=1S/C13H25NO4/c1-5-17-12(16)6-10(2)14-7-11(8-15)18-13(3,4)9-14/h10-11,15H,5-9H2,1-4H3. The molecular formula is C13H25NO4. The lowest BCUT2D eigenvalue weighted by Gasteiger charge is -2.44. The second-order valence-corrected chi connectivity index (χ2v) is 5.47. The molecule has 1 fully saturated rings. The summed E-state index contributed by atoms with van der Waals surface area (Å²) in [5, 5.41) is 9.25. The highest BCUT2D eigenvalue weighted by molar-refractivity contribution is 5.70. The van der Waals surface area contributed by atoms with Crippen LogP contribution in [0.1, 0.15) is 34.1 Å². The SMILES string of the molecule is CCOC(=O)CC(C)N1CC(CO)OC(C)(C)C1. The van der Waals surface area contributed by atoms with Crippen molar-refractivity contribution in [3.63, 3.8) is 0 Å². The predicted octanol–water partition coefficient (Wildman–Crippen LogP) is 0.800. The lowest BCUT2D eigenvalue weighted by Crippen LogP contribution is -2.56. The van der Waals surface area contributed by atoms with Gasteiger partial charge in [0.2, 0.25) is 0 Å². The average Bonchev–Trinajstić information content (AvgIpc) is 2.26. The van der Waals surface area contributed by atoms with E-state index >= 15 is 0 Å². The van der Waals surface area contributed by atoms with E-state index in [1.165, 1.54) is 0 Å². The van der Waals surface area contributed by atoms with E-state index in [4.69, 9.17) is 9.47 Å². The molecule has 5 nitrogen and oxygen atoms in total. The van der Waals surface area contributed by atoms with Crippen LogP contribution in [-0.4, -0.2) is 60.0 Å². The second-order valence-electron chi connectivity index (χ2n) is 5.47. The third-order valence-corrected chi connectivity index (χ3v) is 3.10. The number of carbonyl (C=O) groups excluding carboxylic acids is 1. The number of rotatable bonds is 5. The van der Waals surface area contributed by atoms with Crippen molar-refractivity contribution in [2.24, 2.45) is 0 Å². The zero-order valence-corrected chi connectivity index (χ0v) is 11.8. The maximum atomic E-state index is 11.5. The molecule has 5 heteroatoms. The van der Waals surface area contributed by atoms with Gasteiger partial charge in [-0.2, -0.15) is 0 Å². The molecule has 0 amide bonds. The number of hydrogen-bond acceptors (Lipinski definition) is 5. The first-order chi connectivity index (χ1) is 8.38. The number of ether oxygens (including phenoxy) is 2. The molecule has 2 unspecified atom stereocenters. The highest BCUT2D eigenvalue weighted by atomic mass is 16.5. The number of esters is 1. The van der Waals surface area contributed by atoms with Gasteiger partial charge in [-0.15, -0.1) is 0 Å². The largest absolute Gasteiger partial charge is 0.466 e. The van der Waals surface area contributed by atoms with Crippen LogP contribution >= 0.6 is 0 Å². The van der Waals surface area contributed by atoms with Crippen LogP contribution in [0.5, 0.6) is 0 Å². The van der Waals surface area contributed by atoms with Crippen molar-refractivity contribution in [1.29, 1.82) is 0 Å². The van der Waals surface area contributed by atoms with Crippen molar-refractivity contribution in [2.75, 3.05) is 26.3 Å². The summed E-state index contributed by atoms with van der Waals surface area (Å²) in [5.41, 5.74) is -0.297. The van der Waals surface area contributed by atoms with Gasteiger partial charge in [-0.1, -0.05) is 0 Å². The summed E-state index contributed by atoms with van der Waals surface area (Å²) in [6.07, 6.45) is 0.195. The van der Waals surface area contributed by atoms with Gasteiger partial charge >= 0.3 is 5.97 Å². The average molecular weight is 259 g/mol. The zero-order valence-electron chi connectivity index (χ0n) is 11.8. The van der Waals surface area contributed by atoms with Crippen LogP contribution in [0.3, 0.4) is 0 Å². The van der Waals surface area contributed by atoms with E-state index < -0.39 is 0 Å². The molecule has 0 aromatic carbocycles. The molecule has 106 valence electrons. The molecule has 0 saturated carbocycles. The zero-order chi connectivity index (χ0) is 13.8. The van der Waals surface area contributed by atoms with E-state index in [2.05, 4.69) is 4.90 Å². The van der Waals surface area contributed by atoms with E-state index in [0.717, 1.165) is 6.54 Å². The predicted molar refractivity (Wildman–Crippen MR) is 68.3 cm³/mol. The first-order valence-electron chi connectivity index (χ1n) is 6.56. The van der Waals surface area contributed by atoms with Gasteiger partial charge in [0.15, 0.2) is 0 Å². The molecule has 1 aliphatic heterocycles. The van der Waals surface area contributed by atoms with E-state index in [1.54, 1.807) is 0 Å². The number of aliphatic hydroxyl groups is 1. The molecule has 0 aromatic heterocycles. The van der Waals surface area contributed by atoms with Gasteiger partial charge in [0.05, 0.1) is 31.3 Å². The summed E-state index contributed by atoms with van der Waals surface area (Å²) in [6.45, 7) is 9.64. The van der Waals surface area contributed by atoms with E-state index in [-0.39, 0.29) is 30.3 Å². The third-order valence-electron chi connectivity index (χ3n) is 3.10. The lowest BCUT2D eigenvalue weighted by molar-refractivity contribution is -0.161. The van der Waals surface area contributed by atoms with Gasteiger partial charge < -0.3 is 14.6 Å². The van der Waals surface area contributed by atoms with Crippen molar-refractivity contribution >= 4 is 5.97 Å². The van der Waals surface area contributed by atoms with Gasteiger partial charge in [0.25, 0.3) is 0 Å². The number of nitrogens with zero attached hydrogens (tertiary/aromatic N) is 1. The number of carbonyl (C=O) groups is 1. The molecule has 0 bridgehead atoms. The van der Waals surface area contributed by atoms with E-state index in [9.17, 15) is 9.90 Å². The van der Waals surface area contributed by atoms with Crippen LogP contribution in [0.2, 0.25) is 0 Å². The van der Waals surface area contributed by atoms with Crippen molar-refractivity contribution in [3.8, 4) is 0 Å². The van der Waals surface area contributed by atoms with Gasteiger partial charge in [-0.05, 0) is 27.7 Å². The Hall–Kier alpha value is -0.650. The molecule has 1 saturated heterocycles. The van der Waals surface area contributed by atoms with Crippen LogP contribution < -0.4 is 0 Å². The molecule has 0 spiro atoms. The first kappa shape index (κ1) is 15.4. The van der Waals surface area contributed by atoms with Crippen LogP contribution in [0.25, 0.3) is 0 Å². The Morgan fingerprint density at radius 3 is 2.83 bits per heavy atom. The summed E-state index contributed by atoms with van der Waals surface area (Å²) in [4.78, 5) is 13.7. The minimum absolute atomic E-state index is 0.00601.